The lowest BCUT2D eigenvalue weighted by atomic mass is 9.98. The number of nitrogens with one attached hydrogen (secondary N) is 1. The lowest BCUT2D eigenvalue weighted by molar-refractivity contribution is -0.306. The molecule has 0 aromatic heterocycles. The molecule has 0 fully saturated rings. The minimum atomic E-state index is -1.49. The van der Waals surface area contributed by atoms with E-state index in [0.29, 0.717) is 0 Å². The highest BCUT2D eigenvalue weighted by molar-refractivity contribution is 5.87. The van der Waals surface area contributed by atoms with Crippen molar-refractivity contribution >= 4 is 18.0 Å². The molecule has 2 amide bonds. The maximum atomic E-state index is 12.0. The number of carbonyl (C=O) groups is 3. The van der Waals surface area contributed by atoms with E-state index in [1.807, 2.05) is 48.5 Å². The van der Waals surface area contributed by atoms with Gasteiger partial charge in [-0.15, -0.1) is 0 Å². The first-order valence-corrected chi connectivity index (χ1v) is 8.08. The molecule has 0 heterocycles. The van der Waals surface area contributed by atoms with Crippen LogP contribution < -0.4 is 16.2 Å². The molecule has 1 atom stereocenters. The average Bonchev–Trinajstić information content (AvgIpc) is 2.93. The van der Waals surface area contributed by atoms with Crippen molar-refractivity contribution in [1.82, 2.24) is 5.32 Å². The fraction of sp³-hybridized carbons (Fsp3) is 0.211. The third kappa shape index (κ3) is 3.51. The van der Waals surface area contributed by atoms with Gasteiger partial charge in [0, 0.05) is 18.3 Å². The number of hydrogen-bond donors (Lipinski definition) is 2. The van der Waals surface area contributed by atoms with Gasteiger partial charge in [-0.25, -0.2) is 4.79 Å². The molecule has 134 valence electrons. The Kier molecular flexibility index (Phi) is 4.88. The van der Waals surface area contributed by atoms with Crippen molar-refractivity contribution in [1.29, 1.82) is 0 Å². The highest BCUT2D eigenvalue weighted by Gasteiger charge is 2.29. The van der Waals surface area contributed by atoms with E-state index in [4.69, 9.17) is 10.5 Å². The first kappa shape index (κ1) is 17.5. The first-order chi connectivity index (χ1) is 12.5. The Morgan fingerprint density at radius 2 is 1.58 bits per heavy atom. The van der Waals surface area contributed by atoms with Crippen LogP contribution in [0.5, 0.6) is 0 Å². The third-order valence-electron chi connectivity index (χ3n) is 4.35. The van der Waals surface area contributed by atoms with Gasteiger partial charge in [-0.3, -0.25) is 4.79 Å². The van der Waals surface area contributed by atoms with Gasteiger partial charge in [0.05, 0.1) is 0 Å². The van der Waals surface area contributed by atoms with Crippen LogP contribution in [0.1, 0.15) is 23.5 Å². The lowest BCUT2D eigenvalue weighted by Gasteiger charge is -2.18. The van der Waals surface area contributed by atoms with Crippen molar-refractivity contribution in [2.24, 2.45) is 5.73 Å². The normalized spacial score (nSPS) is 13.4. The summed E-state index contributed by atoms with van der Waals surface area (Å²) in [7, 11) is 0. The van der Waals surface area contributed by atoms with Crippen LogP contribution in [0.25, 0.3) is 11.1 Å². The molecule has 26 heavy (non-hydrogen) atoms. The van der Waals surface area contributed by atoms with Gasteiger partial charge < -0.3 is 25.7 Å². The average molecular weight is 353 g/mol. The van der Waals surface area contributed by atoms with Crippen molar-refractivity contribution in [3.05, 3.63) is 59.7 Å². The van der Waals surface area contributed by atoms with Crippen LogP contribution in [0.15, 0.2) is 48.5 Å². The second-order valence-corrected chi connectivity index (χ2v) is 6.00. The summed E-state index contributed by atoms with van der Waals surface area (Å²) in [6, 6.07) is 14.3. The van der Waals surface area contributed by atoms with E-state index in [-0.39, 0.29) is 12.5 Å². The summed E-state index contributed by atoms with van der Waals surface area (Å²) in [5, 5.41) is 12.8. The maximum absolute atomic E-state index is 12.0. The van der Waals surface area contributed by atoms with Gasteiger partial charge in [0.1, 0.15) is 12.6 Å². The van der Waals surface area contributed by atoms with Crippen LogP contribution in [0, 0.1) is 0 Å². The molecule has 0 saturated carbocycles. The predicted molar refractivity (Wildman–Crippen MR) is 90.8 cm³/mol. The Balaban J connectivity index is 1.71. The summed E-state index contributed by atoms with van der Waals surface area (Å²) in [5.74, 6) is -2.60. The molecule has 0 saturated heterocycles. The summed E-state index contributed by atoms with van der Waals surface area (Å²) in [4.78, 5) is 33.8. The number of primary amides is 1. The molecular weight excluding hydrogens is 336 g/mol. The number of fused-ring (bicyclic) bond motifs is 3. The molecule has 0 bridgehead atoms. The van der Waals surface area contributed by atoms with E-state index in [2.05, 4.69) is 5.32 Å². The number of rotatable bonds is 6. The molecule has 0 unspecified atom stereocenters. The van der Waals surface area contributed by atoms with E-state index in [9.17, 15) is 19.5 Å². The highest BCUT2D eigenvalue weighted by Crippen LogP contribution is 2.44. The number of carboxylic acids is 1. The molecule has 7 heteroatoms. The minimum Gasteiger partial charge on any atom is -0.550 e. The number of carboxylic acid groups (broad SMARTS) is 1. The summed E-state index contributed by atoms with van der Waals surface area (Å²) in [6.07, 6.45) is -1.61. The summed E-state index contributed by atoms with van der Waals surface area (Å²) in [6.45, 7) is 0.0522. The molecule has 0 spiro atoms. The van der Waals surface area contributed by atoms with Gasteiger partial charge in [-0.1, -0.05) is 48.5 Å². The summed E-state index contributed by atoms with van der Waals surface area (Å²) >= 11 is 0. The summed E-state index contributed by atoms with van der Waals surface area (Å²) in [5.41, 5.74) is 9.34. The van der Waals surface area contributed by atoms with Crippen LogP contribution in [0.3, 0.4) is 0 Å². The fourth-order valence-corrected chi connectivity index (χ4v) is 3.17. The zero-order valence-electron chi connectivity index (χ0n) is 13.8. The number of nitrogens with two attached hydrogens (primary N) is 1. The van der Waals surface area contributed by atoms with Crippen molar-refractivity contribution in [3.8, 4) is 11.1 Å². The van der Waals surface area contributed by atoms with Gasteiger partial charge in [-0.2, -0.15) is 0 Å². The van der Waals surface area contributed by atoms with Crippen molar-refractivity contribution < 1.29 is 24.2 Å². The zero-order chi connectivity index (χ0) is 18.7. The van der Waals surface area contributed by atoms with Gasteiger partial charge in [0.15, 0.2) is 0 Å². The highest BCUT2D eigenvalue weighted by atomic mass is 16.5. The van der Waals surface area contributed by atoms with Crippen LogP contribution in [0.2, 0.25) is 0 Å². The number of alkyl carbamates (subject to hydrolysis) is 1. The molecular formula is C19H17N2O5-. The van der Waals surface area contributed by atoms with Crippen molar-refractivity contribution in [2.75, 3.05) is 6.61 Å². The molecule has 0 radical (unpaired) electrons. The Morgan fingerprint density at radius 1 is 1.04 bits per heavy atom. The van der Waals surface area contributed by atoms with Crippen LogP contribution in [-0.2, 0) is 14.3 Å². The fourth-order valence-electron chi connectivity index (χ4n) is 3.17. The van der Waals surface area contributed by atoms with E-state index < -0.39 is 30.4 Å². The van der Waals surface area contributed by atoms with Crippen LogP contribution >= 0.6 is 0 Å². The SMILES string of the molecule is NC(=O)[C@@H](CC(=O)[O-])NC(=O)OCC1c2ccccc2-c2ccccc21. The minimum absolute atomic E-state index is 0.0522. The molecule has 0 aliphatic heterocycles. The predicted octanol–water partition coefficient (Wildman–Crippen LogP) is 0.519. The molecule has 7 nitrogen and oxygen atoms in total. The third-order valence-corrected chi connectivity index (χ3v) is 4.35. The smallest absolute Gasteiger partial charge is 0.407 e. The quantitative estimate of drug-likeness (QED) is 0.784. The lowest BCUT2D eigenvalue weighted by Crippen LogP contribution is -2.47. The molecule has 2 aromatic rings. The van der Waals surface area contributed by atoms with Crippen molar-refractivity contribution in [3.63, 3.8) is 0 Å². The number of carbonyl (C=O) groups excluding carboxylic acids is 3. The zero-order valence-corrected chi connectivity index (χ0v) is 13.8. The number of benzene rings is 2. The largest absolute Gasteiger partial charge is 0.550 e. The Labute approximate surface area is 149 Å². The standard InChI is InChI=1S/C19H18N2O5/c20-18(24)16(9-17(22)23)21-19(25)26-10-15-13-7-3-1-5-11(13)12-6-2-4-8-14(12)15/h1-8,15-16H,9-10H2,(H2,20,24)(H,21,25)(H,22,23)/p-1/t16-/m1/s1. The van der Waals surface area contributed by atoms with Crippen LogP contribution in [-0.4, -0.2) is 30.6 Å². The second-order valence-electron chi connectivity index (χ2n) is 6.00. The molecule has 1 aliphatic carbocycles. The Bertz CT molecular complexity index is 819. The first-order valence-electron chi connectivity index (χ1n) is 8.08. The number of hydrogen-bond acceptors (Lipinski definition) is 5. The van der Waals surface area contributed by atoms with E-state index in [1.165, 1.54) is 0 Å². The van der Waals surface area contributed by atoms with E-state index in [1.54, 1.807) is 0 Å². The van der Waals surface area contributed by atoms with Gasteiger partial charge in [0.25, 0.3) is 0 Å². The topological polar surface area (TPSA) is 122 Å². The summed E-state index contributed by atoms with van der Waals surface area (Å²) < 4.78 is 5.23. The van der Waals surface area contributed by atoms with Gasteiger partial charge in [-0.05, 0) is 22.3 Å². The molecule has 2 aromatic carbocycles. The number of amides is 2. The second kappa shape index (κ2) is 7.26. The van der Waals surface area contributed by atoms with Gasteiger partial charge >= 0.3 is 6.09 Å². The monoisotopic (exact) mass is 353 g/mol. The molecule has 1 aliphatic rings. The van der Waals surface area contributed by atoms with Gasteiger partial charge in [0.2, 0.25) is 5.91 Å². The number of aliphatic carboxylic acids is 1. The van der Waals surface area contributed by atoms with E-state index in [0.717, 1.165) is 22.3 Å². The Morgan fingerprint density at radius 3 is 2.08 bits per heavy atom. The maximum Gasteiger partial charge on any atom is 0.407 e. The molecule has 3 N–H and O–H groups in total. The number of ether oxygens (including phenoxy) is 1. The Hall–Kier alpha value is -3.35. The van der Waals surface area contributed by atoms with E-state index >= 15 is 0 Å². The molecule has 3 rings (SSSR count). The van der Waals surface area contributed by atoms with Crippen LogP contribution in [0.4, 0.5) is 4.79 Å². The van der Waals surface area contributed by atoms with Crippen molar-refractivity contribution in [2.45, 2.75) is 18.4 Å².